The van der Waals surface area contributed by atoms with Crippen molar-refractivity contribution in [2.75, 3.05) is 26.3 Å². The van der Waals surface area contributed by atoms with Gasteiger partial charge in [0, 0.05) is 12.1 Å². The second kappa shape index (κ2) is 7.84. The molecule has 1 heterocycles. The number of nitrogens with one attached hydrogen (secondary N) is 1. The Morgan fingerprint density at radius 1 is 1.15 bits per heavy atom. The molecule has 2 aromatic rings. The summed E-state index contributed by atoms with van der Waals surface area (Å²) in [5.74, 6) is 0.190. The molecule has 0 radical (unpaired) electrons. The van der Waals surface area contributed by atoms with Crippen LogP contribution in [0.1, 0.15) is 10.4 Å². The zero-order valence-corrected chi connectivity index (χ0v) is 14.8. The van der Waals surface area contributed by atoms with Gasteiger partial charge >= 0.3 is 0 Å². The van der Waals surface area contributed by atoms with Crippen molar-refractivity contribution in [1.29, 1.82) is 0 Å². The number of halogens is 1. The maximum atomic E-state index is 12.7. The average Bonchev–Trinajstić information content (AvgIpc) is 2.63. The van der Waals surface area contributed by atoms with Crippen molar-refractivity contribution in [1.82, 2.24) is 9.62 Å². The highest BCUT2D eigenvalue weighted by molar-refractivity contribution is 7.89. The molecule has 0 aromatic heterocycles. The van der Waals surface area contributed by atoms with E-state index in [0.717, 1.165) is 0 Å². The number of nitrogens with zero attached hydrogens (tertiary/aromatic N) is 1. The predicted octanol–water partition coefficient (Wildman–Crippen LogP) is 1.84. The van der Waals surface area contributed by atoms with E-state index in [2.05, 4.69) is 5.32 Å². The van der Waals surface area contributed by atoms with Gasteiger partial charge in [0.2, 0.25) is 10.0 Å². The number of carbonyl (C=O) groups is 1. The maximum absolute atomic E-state index is 12.7. The number of hydrogen-bond donors (Lipinski definition) is 1. The third-order valence-corrected chi connectivity index (χ3v) is 5.80. The maximum Gasteiger partial charge on any atom is 0.251 e. The summed E-state index contributed by atoms with van der Waals surface area (Å²) in [5, 5.41) is 2.38. The summed E-state index contributed by atoms with van der Waals surface area (Å²) in [6.07, 6.45) is -0.205. The van der Waals surface area contributed by atoms with Crippen molar-refractivity contribution in [3.05, 3.63) is 60.2 Å². The zero-order chi connectivity index (χ0) is 18.6. The number of sulfonamides is 1. The van der Waals surface area contributed by atoms with Crippen molar-refractivity contribution in [3.8, 4) is 5.75 Å². The third-order valence-electron chi connectivity index (χ3n) is 3.97. The first kappa shape index (κ1) is 18.3. The highest BCUT2D eigenvalue weighted by atomic mass is 32.2. The molecule has 1 saturated heterocycles. The first-order chi connectivity index (χ1) is 12.5. The molecule has 0 bridgehead atoms. The second-order valence-corrected chi connectivity index (χ2v) is 7.79. The average molecular weight is 378 g/mol. The lowest BCUT2D eigenvalue weighted by Crippen LogP contribution is -2.55. The monoisotopic (exact) mass is 378 g/mol. The molecule has 2 aromatic carbocycles. The van der Waals surface area contributed by atoms with Crippen LogP contribution in [0.3, 0.4) is 0 Å². The van der Waals surface area contributed by atoms with Crippen LogP contribution in [0.4, 0.5) is 4.39 Å². The third kappa shape index (κ3) is 4.03. The van der Waals surface area contributed by atoms with Gasteiger partial charge in [0.25, 0.3) is 5.91 Å². The van der Waals surface area contributed by atoms with Crippen molar-refractivity contribution in [3.63, 3.8) is 0 Å². The fraction of sp³-hybridized carbons (Fsp3) is 0.278. The normalized spacial score (nSPS) is 15.3. The first-order valence-corrected chi connectivity index (χ1v) is 9.61. The van der Waals surface area contributed by atoms with E-state index in [4.69, 9.17) is 4.74 Å². The fourth-order valence-electron chi connectivity index (χ4n) is 2.57. The van der Waals surface area contributed by atoms with Crippen molar-refractivity contribution < 1.29 is 22.3 Å². The molecule has 26 heavy (non-hydrogen) atoms. The molecule has 1 N–H and O–H groups in total. The first-order valence-electron chi connectivity index (χ1n) is 8.17. The molecule has 0 saturated carbocycles. The van der Waals surface area contributed by atoms with E-state index in [1.54, 1.807) is 0 Å². The second-order valence-electron chi connectivity index (χ2n) is 5.85. The molecule has 1 amide bonds. The molecule has 1 aliphatic rings. The van der Waals surface area contributed by atoms with E-state index < -0.39 is 22.6 Å². The number of ether oxygens (including phenoxy) is 1. The van der Waals surface area contributed by atoms with Crippen LogP contribution in [0, 0.1) is 0 Å². The highest BCUT2D eigenvalue weighted by Crippen LogP contribution is 2.25. The Kier molecular flexibility index (Phi) is 5.53. The van der Waals surface area contributed by atoms with Crippen LogP contribution in [0.5, 0.6) is 5.75 Å². The molecule has 138 valence electrons. The minimum Gasteiger partial charge on any atom is -0.488 e. The lowest BCUT2D eigenvalue weighted by Gasteiger charge is -2.37. The quantitative estimate of drug-likeness (QED) is 0.798. The summed E-state index contributed by atoms with van der Waals surface area (Å²) >= 11 is 0. The van der Waals surface area contributed by atoms with Crippen molar-refractivity contribution in [2.45, 2.75) is 11.0 Å². The Hall–Kier alpha value is -2.45. The number of benzene rings is 2. The number of hydrogen-bond acceptors (Lipinski definition) is 4. The molecule has 0 spiro atoms. The Labute approximate surface area is 151 Å². The Bertz CT molecular complexity index is 868. The van der Waals surface area contributed by atoms with E-state index in [1.807, 2.05) is 30.3 Å². The van der Waals surface area contributed by atoms with Gasteiger partial charge in [-0.3, -0.25) is 4.79 Å². The fourth-order valence-corrected chi connectivity index (χ4v) is 4.12. The molecule has 3 rings (SSSR count). The van der Waals surface area contributed by atoms with Gasteiger partial charge < -0.3 is 10.1 Å². The molecular weight excluding hydrogens is 359 g/mol. The summed E-state index contributed by atoms with van der Waals surface area (Å²) in [4.78, 5) is 11.9. The van der Waals surface area contributed by atoms with Crippen LogP contribution < -0.4 is 10.1 Å². The smallest absolute Gasteiger partial charge is 0.251 e. The summed E-state index contributed by atoms with van der Waals surface area (Å²) in [6, 6.07) is 14.9. The molecule has 6 nitrogen and oxygen atoms in total. The largest absolute Gasteiger partial charge is 0.488 e. The lowest BCUT2D eigenvalue weighted by atomic mass is 10.2. The Morgan fingerprint density at radius 3 is 2.58 bits per heavy atom. The van der Waals surface area contributed by atoms with Gasteiger partial charge in [-0.2, -0.15) is 4.31 Å². The van der Waals surface area contributed by atoms with Crippen molar-refractivity contribution >= 4 is 15.9 Å². The van der Waals surface area contributed by atoms with Crippen molar-refractivity contribution in [2.24, 2.45) is 0 Å². The van der Waals surface area contributed by atoms with Crippen LogP contribution in [0.2, 0.25) is 0 Å². The van der Waals surface area contributed by atoms with Gasteiger partial charge in [0.15, 0.2) is 0 Å². The Morgan fingerprint density at radius 2 is 1.88 bits per heavy atom. The standard InChI is InChI=1S/C18H19FN2O4S/c19-9-10-20-18(22)14-5-4-8-17(11-14)26(23,24)21-12-16(13-21)25-15-6-2-1-3-7-15/h1-8,11,16H,9-10,12-13H2,(H,20,22). The molecule has 0 atom stereocenters. The molecular formula is C18H19FN2O4S. The molecule has 1 aliphatic heterocycles. The van der Waals surface area contributed by atoms with Gasteiger partial charge in [0.05, 0.1) is 18.0 Å². The van der Waals surface area contributed by atoms with E-state index in [0.29, 0.717) is 5.75 Å². The van der Waals surface area contributed by atoms with E-state index in [-0.39, 0.29) is 36.2 Å². The minimum atomic E-state index is -3.70. The lowest BCUT2D eigenvalue weighted by molar-refractivity contribution is 0.0762. The van der Waals surface area contributed by atoms with Gasteiger partial charge in [-0.15, -0.1) is 0 Å². The number of rotatable bonds is 7. The number of alkyl halides is 1. The number of amides is 1. The Balaban J connectivity index is 1.65. The van der Waals surface area contributed by atoms with E-state index >= 15 is 0 Å². The van der Waals surface area contributed by atoms with Crippen LogP contribution >= 0.6 is 0 Å². The van der Waals surface area contributed by atoms with Crippen LogP contribution in [-0.4, -0.2) is 51.0 Å². The highest BCUT2D eigenvalue weighted by Gasteiger charge is 2.38. The van der Waals surface area contributed by atoms with E-state index in [1.165, 1.54) is 28.6 Å². The number of carbonyl (C=O) groups excluding carboxylic acids is 1. The number of para-hydroxylation sites is 1. The van der Waals surface area contributed by atoms with Crippen LogP contribution in [-0.2, 0) is 10.0 Å². The molecule has 0 unspecified atom stereocenters. The van der Waals surface area contributed by atoms with Gasteiger partial charge in [0.1, 0.15) is 18.5 Å². The molecule has 8 heteroatoms. The van der Waals surface area contributed by atoms with Gasteiger partial charge in [-0.1, -0.05) is 24.3 Å². The SMILES string of the molecule is O=C(NCCF)c1cccc(S(=O)(=O)N2CC(Oc3ccccc3)C2)c1. The molecule has 0 aliphatic carbocycles. The summed E-state index contributed by atoms with van der Waals surface area (Å²) in [5.41, 5.74) is 0.178. The predicted molar refractivity (Wildman–Crippen MR) is 94.4 cm³/mol. The topological polar surface area (TPSA) is 75.7 Å². The van der Waals surface area contributed by atoms with Gasteiger partial charge in [-0.25, -0.2) is 12.8 Å². The zero-order valence-electron chi connectivity index (χ0n) is 14.0. The van der Waals surface area contributed by atoms with Crippen LogP contribution in [0.25, 0.3) is 0 Å². The summed E-state index contributed by atoms with van der Waals surface area (Å²) in [7, 11) is -3.70. The minimum absolute atomic E-state index is 0.0311. The summed E-state index contributed by atoms with van der Waals surface area (Å²) < 4.78 is 44.5. The van der Waals surface area contributed by atoms with Gasteiger partial charge in [-0.05, 0) is 30.3 Å². The molecule has 1 fully saturated rings. The summed E-state index contributed by atoms with van der Waals surface area (Å²) in [6.45, 7) is -0.300. The van der Waals surface area contributed by atoms with E-state index in [9.17, 15) is 17.6 Å². The van der Waals surface area contributed by atoms with Crippen LogP contribution in [0.15, 0.2) is 59.5 Å².